The Morgan fingerprint density at radius 3 is 2.41 bits per heavy atom. The van der Waals surface area contributed by atoms with Gasteiger partial charge in [0.25, 0.3) is 5.91 Å². The molecule has 2 aromatic heterocycles. The Balaban J connectivity index is 1.46. The average molecular weight is 431 g/mol. The zero-order chi connectivity index (χ0) is 22.3. The van der Waals surface area contributed by atoms with Crippen LogP contribution in [0.5, 0.6) is 0 Å². The highest BCUT2D eigenvalue weighted by molar-refractivity contribution is 5.94. The second kappa shape index (κ2) is 8.04. The van der Waals surface area contributed by atoms with Crippen molar-refractivity contribution in [3.05, 3.63) is 71.3 Å². The van der Waals surface area contributed by atoms with E-state index in [0.29, 0.717) is 13.1 Å². The van der Waals surface area contributed by atoms with E-state index in [2.05, 4.69) is 39.6 Å². The number of aryl methyl sites for hydroxylation is 1. The van der Waals surface area contributed by atoms with Crippen LogP contribution in [0.3, 0.4) is 0 Å². The molecule has 0 saturated carbocycles. The summed E-state index contributed by atoms with van der Waals surface area (Å²) in [5.74, 6) is 0.875. The number of benzene rings is 1. The van der Waals surface area contributed by atoms with Crippen LogP contribution in [-0.2, 0) is 12.0 Å². The third-order valence-corrected chi connectivity index (χ3v) is 6.84. The molecule has 0 N–H and O–H groups in total. The van der Waals surface area contributed by atoms with Gasteiger partial charge < -0.3 is 9.80 Å². The molecule has 5 rings (SSSR count). The summed E-state index contributed by atoms with van der Waals surface area (Å²) in [5, 5.41) is 5.03. The van der Waals surface area contributed by atoms with Gasteiger partial charge in [-0.1, -0.05) is 17.7 Å². The summed E-state index contributed by atoms with van der Waals surface area (Å²) in [4.78, 5) is 26.6. The normalized spacial score (nSPS) is 17.6. The van der Waals surface area contributed by atoms with Gasteiger partial charge in [-0.3, -0.25) is 9.48 Å². The van der Waals surface area contributed by atoms with Gasteiger partial charge >= 0.3 is 0 Å². The number of hydrogen-bond donors (Lipinski definition) is 0. The van der Waals surface area contributed by atoms with Crippen LogP contribution < -0.4 is 4.90 Å². The van der Waals surface area contributed by atoms with Crippen LogP contribution in [0, 0.1) is 6.92 Å². The molecular formula is C25H30N6O. The summed E-state index contributed by atoms with van der Waals surface area (Å²) in [5.41, 5.74) is 4.12. The Hall–Kier alpha value is -3.22. The Labute approximate surface area is 189 Å². The molecule has 0 unspecified atom stereocenters. The van der Waals surface area contributed by atoms with Crippen molar-refractivity contribution in [2.75, 3.05) is 24.5 Å². The predicted octanol–water partition coefficient (Wildman–Crippen LogP) is 3.76. The maximum absolute atomic E-state index is 13.4. The van der Waals surface area contributed by atoms with Crippen molar-refractivity contribution in [2.24, 2.45) is 0 Å². The summed E-state index contributed by atoms with van der Waals surface area (Å²) in [6, 6.07) is 10.0. The Morgan fingerprint density at radius 1 is 1.06 bits per heavy atom. The van der Waals surface area contributed by atoms with Gasteiger partial charge in [0.15, 0.2) is 0 Å². The van der Waals surface area contributed by atoms with E-state index in [9.17, 15) is 4.79 Å². The summed E-state index contributed by atoms with van der Waals surface area (Å²) in [7, 11) is 0. The van der Waals surface area contributed by atoms with E-state index >= 15 is 0 Å². The smallest absolute Gasteiger partial charge is 0.254 e. The molecule has 1 amide bonds. The Kier molecular flexibility index (Phi) is 5.19. The van der Waals surface area contributed by atoms with Crippen LogP contribution in [-0.4, -0.2) is 50.2 Å². The summed E-state index contributed by atoms with van der Waals surface area (Å²) in [6.45, 7) is 9.36. The number of aromatic nitrogens is 4. The van der Waals surface area contributed by atoms with Crippen LogP contribution in [0.2, 0.25) is 0 Å². The van der Waals surface area contributed by atoms with Gasteiger partial charge in [0.1, 0.15) is 0 Å². The van der Waals surface area contributed by atoms with E-state index in [1.165, 1.54) is 11.3 Å². The van der Waals surface area contributed by atoms with Crippen LogP contribution in [0.4, 0.5) is 5.95 Å². The molecule has 1 fully saturated rings. The lowest BCUT2D eigenvalue weighted by Crippen LogP contribution is -2.53. The van der Waals surface area contributed by atoms with Crippen molar-refractivity contribution < 1.29 is 4.79 Å². The Bertz CT molecular complexity index is 1100. The fourth-order valence-corrected chi connectivity index (χ4v) is 4.96. The molecule has 0 aliphatic carbocycles. The molecular weight excluding hydrogens is 400 g/mol. The first-order chi connectivity index (χ1) is 15.4. The lowest BCUT2D eigenvalue weighted by molar-refractivity contribution is 0.0644. The summed E-state index contributed by atoms with van der Waals surface area (Å²) < 4.78 is 2.05. The van der Waals surface area contributed by atoms with Crippen molar-refractivity contribution in [3.63, 3.8) is 0 Å². The number of carbonyl (C=O) groups excluding carboxylic acids is 1. The molecule has 7 nitrogen and oxygen atoms in total. The third-order valence-electron chi connectivity index (χ3n) is 6.84. The summed E-state index contributed by atoms with van der Waals surface area (Å²) >= 11 is 0. The van der Waals surface area contributed by atoms with Crippen molar-refractivity contribution in [3.8, 4) is 0 Å². The minimum absolute atomic E-state index is 0.0983. The second-order valence-corrected chi connectivity index (χ2v) is 9.42. The highest BCUT2D eigenvalue weighted by atomic mass is 16.2. The molecule has 166 valence electrons. The fraction of sp³-hybridized carbons (Fsp3) is 0.440. The third kappa shape index (κ3) is 3.66. The van der Waals surface area contributed by atoms with Crippen LogP contribution in [0.1, 0.15) is 59.9 Å². The maximum atomic E-state index is 13.4. The number of anilines is 1. The number of rotatable bonds is 3. The topological polar surface area (TPSA) is 67.2 Å². The largest absolute Gasteiger partial charge is 0.341 e. The maximum Gasteiger partial charge on any atom is 0.254 e. The highest BCUT2D eigenvalue weighted by Crippen LogP contribution is 2.42. The van der Waals surface area contributed by atoms with E-state index in [1.807, 2.05) is 42.2 Å². The summed E-state index contributed by atoms with van der Waals surface area (Å²) in [6.07, 6.45) is 7.56. The average Bonchev–Trinajstić information content (AvgIpc) is 3.26. The highest BCUT2D eigenvalue weighted by Gasteiger charge is 2.46. The molecule has 1 spiro atoms. The van der Waals surface area contributed by atoms with Crippen LogP contribution >= 0.6 is 0 Å². The van der Waals surface area contributed by atoms with Crippen molar-refractivity contribution in [2.45, 2.75) is 51.6 Å². The first-order valence-electron chi connectivity index (χ1n) is 11.4. The molecule has 2 aliphatic heterocycles. The van der Waals surface area contributed by atoms with E-state index in [-0.39, 0.29) is 17.4 Å². The lowest BCUT2D eigenvalue weighted by atomic mass is 9.72. The molecule has 4 heterocycles. The minimum Gasteiger partial charge on any atom is -0.341 e. The first kappa shape index (κ1) is 20.7. The molecule has 1 aromatic carbocycles. The van der Waals surface area contributed by atoms with Gasteiger partial charge in [0.2, 0.25) is 5.95 Å². The SMILES string of the molecule is Cc1ccc(C(=O)N2Cc3cn(C(C)C)nc3C3(CCN(c4ncccn4)CC3)C2)cc1. The van der Waals surface area contributed by atoms with Crippen molar-refractivity contribution >= 4 is 11.9 Å². The van der Waals surface area contributed by atoms with Crippen LogP contribution in [0.15, 0.2) is 48.9 Å². The molecule has 2 aliphatic rings. The number of piperidine rings is 1. The number of nitrogens with zero attached hydrogens (tertiary/aromatic N) is 6. The molecule has 3 aromatic rings. The van der Waals surface area contributed by atoms with Crippen molar-refractivity contribution in [1.82, 2.24) is 24.6 Å². The number of fused-ring (bicyclic) bond motifs is 2. The van der Waals surface area contributed by atoms with E-state index in [0.717, 1.165) is 43.0 Å². The molecule has 0 atom stereocenters. The molecule has 32 heavy (non-hydrogen) atoms. The van der Waals surface area contributed by atoms with E-state index in [1.54, 1.807) is 12.4 Å². The lowest BCUT2D eigenvalue weighted by Gasteiger charge is -2.46. The fourth-order valence-electron chi connectivity index (χ4n) is 4.96. The number of hydrogen-bond acceptors (Lipinski definition) is 5. The first-order valence-corrected chi connectivity index (χ1v) is 11.4. The number of carbonyl (C=O) groups is 1. The number of amides is 1. The standard InChI is InChI=1S/C25H30N6O/c1-18(2)31-16-21-15-30(23(32)20-7-5-19(3)6-8-20)17-25(22(21)28-31)9-13-29(14-10-25)24-26-11-4-12-27-24/h4-8,11-12,16,18H,9-10,13-15,17H2,1-3H3. The molecule has 0 bridgehead atoms. The molecule has 0 radical (unpaired) electrons. The van der Waals surface area contributed by atoms with E-state index in [4.69, 9.17) is 5.10 Å². The Morgan fingerprint density at radius 2 is 1.75 bits per heavy atom. The molecule has 1 saturated heterocycles. The van der Waals surface area contributed by atoms with Gasteiger partial charge in [-0.2, -0.15) is 5.10 Å². The zero-order valence-corrected chi connectivity index (χ0v) is 19.0. The minimum atomic E-state index is -0.140. The van der Waals surface area contributed by atoms with Gasteiger partial charge in [-0.15, -0.1) is 0 Å². The van der Waals surface area contributed by atoms with Crippen LogP contribution in [0.25, 0.3) is 0 Å². The van der Waals surface area contributed by atoms with Crippen molar-refractivity contribution in [1.29, 1.82) is 0 Å². The van der Waals surface area contributed by atoms with Gasteiger partial charge in [0.05, 0.1) is 5.69 Å². The van der Waals surface area contributed by atoms with Gasteiger partial charge in [-0.05, 0) is 51.8 Å². The molecule has 7 heteroatoms. The second-order valence-electron chi connectivity index (χ2n) is 9.42. The predicted molar refractivity (Wildman–Crippen MR) is 124 cm³/mol. The van der Waals surface area contributed by atoms with Gasteiger partial charge in [-0.25, -0.2) is 9.97 Å². The monoisotopic (exact) mass is 430 g/mol. The quantitative estimate of drug-likeness (QED) is 0.633. The van der Waals surface area contributed by atoms with E-state index < -0.39 is 0 Å². The van der Waals surface area contributed by atoms with Gasteiger partial charge in [0, 0.05) is 67.4 Å². The zero-order valence-electron chi connectivity index (χ0n) is 19.0.